The van der Waals surface area contributed by atoms with E-state index in [2.05, 4.69) is 12.1 Å². The Kier molecular flexibility index (Phi) is 5.42. The number of carbonyl (C=O) groups is 2. The van der Waals surface area contributed by atoms with Crippen LogP contribution in [0.2, 0.25) is 0 Å². The topological polar surface area (TPSA) is 40.6 Å². The van der Waals surface area contributed by atoms with Gasteiger partial charge in [0, 0.05) is 19.5 Å². The summed E-state index contributed by atoms with van der Waals surface area (Å²) >= 11 is 0. The van der Waals surface area contributed by atoms with E-state index in [1.165, 1.54) is 23.3 Å². The van der Waals surface area contributed by atoms with Gasteiger partial charge in [0.25, 0.3) is 0 Å². The molecule has 2 amide bonds. The second-order valence-corrected chi connectivity index (χ2v) is 7.66. The van der Waals surface area contributed by atoms with Crippen molar-refractivity contribution in [3.05, 3.63) is 71.0 Å². The number of rotatable bonds is 5. The quantitative estimate of drug-likeness (QED) is 0.745. The van der Waals surface area contributed by atoms with Crippen molar-refractivity contribution in [1.29, 1.82) is 0 Å². The molecule has 4 nitrogen and oxygen atoms in total. The van der Waals surface area contributed by atoms with E-state index in [9.17, 15) is 14.0 Å². The fourth-order valence-corrected chi connectivity index (χ4v) is 4.28. The number of amides is 2. The molecule has 0 saturated carbocycles. The van der Waals surface area contributed by atoms with Crippen LogP contribution >= 0.6 is 0 Å². The van der Waals surface area contributed by atoms with Crippen LogP contribution in [0.4, 0.5) is 4.39 Å². The van der Waals surface area contributed by atoms with Crippen LogP contribution in [0.15, 0.2) is 48.5 Å². The number of hydrogen-bond donors (Lipinski definition) is 0. The molecule has 2 aliphatic rings. The Bertz CT molecular complexity index is 865. The van der Waals surface area contributed by atoms with E-state index in [0.717, 1.165) is 37.8 Å². The Morgan fingerprint density at radius 3 is 2.68 bits per heavy atom. The number of fused-ring (bicyclic) bond motifs is 3. The second-order valence-electron chi connectivity index (χ2n) is 7.66. The normalized spacial score (nSPS) is 18.6. The Morgan fingerprint density at radius 2 is 1.86 bits per heavy atom. The minimum absolute atomic E-state index is 0.0191. The Balaban J connectivity index is 1.32. The van der Waals surface area contributed by atoms with Gasteiger partial charge in [0.15, 0.2) is 0 Å². The van der Waals surface area contributed by atoms with Gasteiger partial charge in [-0.1, -0.05) is 36.4 Å². The smallest absolute Gasteiger partial charge is 0.242 e. The van der Waals surface area contributed by atoms with Crippen molar-refractivity contribution < 1.29 is 14.0 Å². The molecular weight excluding hydrogens is 355 g/mol. The lowest BCUT2D eigenvalue weighted by atomic mass is 9.90. The molecule has 5 heteroatoms. The first-order valence-electron chi connectivity index (χ1n) is 10.0. The van der Waals surface area contributed by atoms with Gasteiger partial charge in [-0.3, -0.25) is 9.59 Å². The first kappa shape index (κ1) is 18.7. The van der Waals surface area contributed by atoms with Gasteiger partial charge in [0.1, 0.15) is 5.82 Å². The van der Waals surface area contributed by atoms with Gasteiger partial charge >= 0.3 is 0 Å². The summed E-state index contributed by atoms with van der Waals surface area (Å²) in [6.07, 6.45) is 3.80. The molecule has 0 spiro atoms. The summed E-state index contributed by atoms with van der Waals surface area (Å²) in [4.78, 5) is 28.9. The summed E-state index contributed by atoms with van der Waals surface area (Å²) in [5.74, 6) is -0.132. The highest BCUT2D eigenvalue weighted by Crippen LogP contribution is 2.33. The maximum absolute atomic E-state index is 12.9. The average molecular weight is 380 g/mol. The number of aryl methyl sites for hydroxylation is 1. The van der Waals surface area contributed by atoms with Gasteiger partial charge in [-0.25, -0.2) is 4.39 Å². The van der Waals surface area contributed by atoms with Crippen molar-refractivity contribution in [2.45, 2.75) is 38.1 Å². The minimum Gasteiger partial charge on any atom is -0.332 e. The molecule has 4 rings (SSSR count). The van der Waals surface area contributed by atoms with E-state index >= 15 is 0 Å². The number of nitrogens with zero attached hydrogens (tertiary/aromatic N) is 2. The Hall–Kier alpha value is -2.69. The molecule has 1 atom stereocenters. The molecule has 1 unspecified atom stereocenters. The monoisotopic (exact) mass is 380 g/mol. The molecule has 1 saturated heterocycles. The molecule has 2 heterocycles. The van der Waals surface area contributed by atoms with E-state index in [1.54, 1.807) is 17.0 Å². The lowest BCUT2D eigenvalue weighted by molar-refractivity contribution is -0.149. The fraction of sp³-hybridized carbons (Fsp3) is 0.391. The third-order valence-corrected chi connectivity index (χ3v) is 5.82. The highest BCUT2D eigenvalue weighted by atomic mass is 19.1. The maximum atomic E-state index is 12.9. The lowest BCUT2D eigenvalue weighted by Gasteiger charge is -2.44. The molecule has 2 aromatic carbocycles. The van der Waals surface area contributed by atoms with Crippen LogP contribution in [0.25, 0.3) is 0 Å². The van der Waals surface area contributed by atoms with Gasteiger partial charge in [0.05, 0.1) is 12.6 Å². The van der Waals surface area contributed by atoms with Crippen molar-refractivity contribution in [1.82, 2.24) is 9.80 Å². The molecule has 1 fully saturated rings. The van der Waals surface area contributed by atoms with Crippen molar-refractivity contribution in [2.24, 2.45) is 0 Å². The van der Waals surface area contributed by atoms with Gasteiger partial charge in [-0.15, -0.1) is 0 Å². The molecule has 146 valence electrons. The largest absolute Gasteiger partial charge is 0.332 e. The van der Waals surface area contributed by atoms with Crippen LogP contribution in [0, 0.1) is 5.82 Å². The predicted molar refractivity (Wildman–Crippen MR) is 105 cm³/mol. The standard InChI is InChI=1S/C23H25FN2O2/c24-19-11-9-17(10-12-19)5-1-4-8-22(27)25-15-21-20-7-3-2-6-18(20)13-14-26(21)23(28)16-25/h2-3,6-7,9-12,21H,1,4-5,8,13-16H2. The number of halogens is 1. The number of unbranched alkanes of at least 4 members (excludes halogenated alkanes) is 1. The zero-order chi connectivity index (χ0) is 19.5. The van der Waals surface area contributed by atoms with Crippen LogP contribution in [0.1, 0.15) is 42.0 Å². The van der Waals surface area contributed by atoms with Crippen LogP contribution < -0.4 is 0 Å². The van der Waals surface area contributed by atoms with Crippen LogP contribution in [-0.2, 0) is 22.4 Å². The van der Waals surface area contributed by atoms with Gasteiger partial charge in [0.2, 0.25) is 11.8 Å². The zero-order valence-corrected chi connectivity index (χ0v) is 15.9. The molecule has 28 heavy (non-hydrogen) atoms. The maximum Gasteiger partial charge on any atom is 0.242 e. The van der Waals surface area contributed by atoms with Crippen LogP contribution in [0.3, 0.4) is 0 Å². The van der Waals surface area contributed by atoms with E-state index < -0.39 is 0 Å². The average Bonchev–Trinajstić information content (AvgIpc) is 2.72. The first-order chi connectivity index (χ1) is 13.6. The number of piperazine rings is 1. The molecule has 0 radical (unpaired) electrons. The number of hydrogen-bond acceptors (Lipinski definition) is 2. The van der Waals surface area contributed by atoms with E-state index in [1.807, 2.05) is 17.0 Å². The summed E-state index contributed by atoms with van der Waals surface area (Å²) in [6.45, 7) is 1.51. The minimum atomic E-state index is -0.230. The highest BCUT2D eigenvalue weighted by molar-refractivity contribution is 5.86. The molecule has 0 aliphatic carbocycles. The molecule has 0 bridgehead atoms. The van der Waals surface area contributed by atoms with Crippen molar-refractivity contribution in [3.8, 4) is 0 Å². The molecule has 0 N–H and O–H groups in total. The summed E-state index contributed by atoms with van der Waals surface area (Å²) in [7, 11) is 0. The molecule has 0 aromatic heterocycles. The van der Waals surface area contributed by atoms with E-state index in [0.29, 0.717) is 13.0 Å². The first-order valence-corrected chi connectivity index (χ1v) is 10.0. The molecule has 2 aliphatic heterocycles. The van der Waals surface area contributed by atoms with Crippen molar-refractivity contribution >= 4 is 11.8 Å². The van der Waals surface area contributed by atoms with E-state index in [-0.39, 0.29) is 30.2 Å². The summed E-state index contributed by atoms with van der Waals surface area (Å²) in [5, 5.41) is 0. The van der Waals surface area contributed by atoms with E-state index in [4.69, 9.17) is 0 Å². The van der Waals surface area contributed by atoms with Crippen LogP contribution in [0.5, 0.6) is 0 Å². The third kappa shape index (κ3) is 3.93. The summed E-state index contributed by atoms with van der Waals surface area (Å²) < 4.78 is 12.9. The number of carbonyl (C=O) groups excluding carboxylic acids is 2. The SMILES string of the molecule is O=C(CCCCc1ccc(F)cc1)N1CC(=O)N2CCc3ccccc3C2C1. The second kappa shape index (κ2) is 8.13. The van der Waals surface area contributed by atoms with Crippen LogP contribution in [-0.4, -0.2) is 41.2 Å². The Morgan fingerprint density at radius 1 is 1.07 bits per heavy atom. The van der Waals surface area contributed by atoms with Gasteiger partial charge in [-0.2, -0.15) is 0 Å². The van der Waals surface area contributed by atoms with Crippen molar-refractivity contribution in [2.75, 3.05) is 19.6 Å². The molecule has 2 aromatic rings. The Labute approximate surface area is 164 Å². The third-order valence-electron chi connectivity index (χ3n) is 5.82. The van der Waals surface area contributed by atoms with Gasteiger partial charge in [-0.05, 0) is 54.5 Å². The predicted octanol–water partition coefficient (Wildman–Crippen LogP) is 3.51. The fourth-order valence-electron chi connectivity index (χ4n) is 4.28. The summed E-state index contributed by atoms with van der Waals surface area (Å²) in [5.41, 5.74) is 3.54. The zero-order valence-electron chi connectivity index (χ0n) is 15.9. The molecular formula is C23H25FN2O2. The number of benzene rings is 2. The lowest BCUT2D eigenvalue weighted by Crippen LogP contribution is -2.55. The van der Waals surface area contributed by atoms with Gasteiger partial charge < -0.3 is 9.80 Å². The highest BCUT2D eigenvalue weighted by Gasteiger charge is 2.38. The summed E-state index contributed by atoms with van der Waals surface area (Å²) in [6, 6.07) is 14.7. The van der Waals surface area contributed by atoms with Crippen molar-refractivity contribution in [3.63, 3.8) is 0 Å².